The number of anilines is 1. The highest BCUT2D eigenvalue weighted by Crippen LogP contribution is 2.38. The first-order valence-corrected chi connectivity index (χ1v) is 17.1. The van der Waals surface area contributed by atoms with E-state index in [0.29, 0.717) is 55.6 Å². The molecule has 222 valence electrons. The van der Waals surface area contributed by atoms with Gasteiger partial charge in [-0.15, -0.1) is 11.6 Å². The molecule has 1 saturated carbocycles. The van der Waals surface area contributed by atoms with Crippen molar-refractivity contribution in [2.45, 2.75) is 43.1 Å². The highest BCUT2D eigenvalue weighted by molar-refractivity contribution is 7.86. The number of alkyl halides is 1. The van der Waals surface area contributed by atoms with Crippen molar-refractivity contribution in [3.05, 3.63) is 12.7 Å². The Hall–Kier alpha value is -1.42. The Morgan fingerprint density at radius 3 is 1.95 bits per heavy atom. The molecule has 39 heavy (non-hydrogen) atoms. The number of imidazole rings is 1. The van der Waals surface area contributed by atoms with Crippen molar-refractivity contribution in [2.75, 3.05) is 42.6 Å². The number of aliphatic hydroxyl groups is 2. The number of aromatic nitrogens is 4. The predicted octanol–water partition coefficient (Wildman–Crippen LogP) is -5.91. The van der Waals surface area contributed by atoms with Crippen molar-refractivity contribution in [2.24, 2.45) is 0 Å². The van der Waals surface area contributed by atoms with Gasteiger partial charge in [0.25, 0.3) is 36.2 Å². The summed E-state index contributed by atoms with van der Waals surface area (Å²) < 4.78 is 90.1. The summed E-state index contributed by atoms with van der Waals surface area (Å²) in [5, 5.41) is 22.5. The molecule has 0 bridgehead atoms. The van der Waals surface area contributed by atoms with E-state index in [2.05, 4.69) is 9.97 Å². The Kier molecular flexibility index (Phi) is 9.43. The second kappa shape index (κ2) is 11.5. The molecule has 1 aliphatic heterocycles. The molecule has 2 aliphatic rings. The summed E-state index contributed by atoms with van der Waals surface area (Å²) in [5.74, 6) is 1.00. The van der Waals surface area contributed by atoms with Crippen LogP contribution in [0.1, 0.15) is 6.04 Å². The van der Waals surface area contributed by atoms with E-state index in [-0.39, 0.29) is 18.1 Å². The largest absolute Gasteiger partial charge is 1.00 e. The van der Waals surface area contributed by atoms with Crippen LogP contribution in [-0.4, -0.2) is 118 Å². The lowest BCUT2D eigenvalue weighted by Crippen LogP contribution is -3.00. The van der Waals surface area contributed by atoms with E-state index in [0.717, 1.165) is 0 Å². The predicted molar refractivity (Wildman–Crippen MR) is 131 cm³/mol. The van der Waals surface area contributed by atoms with E-state index in [1.54, 1.807) is 0 Å². The van der Waals surface area contributed by atoms with Crippen LogP contribution >= 0.6 is 11.6 Å². The Balaban J connectivity index is 0.00000420. The van der Waals surface area contributed by atoms with Gasteiger partial charge >= 0.3 is 0 Å². The molecule has 21 heteroatoms. The van der Waals surface area contributed by atoms with Crippen LogP contribution in [0.2, 0.25) is 0 Å². The van der Waals surface area contributed by atoms with Crippen LogP contribution in [0.25, 0.3) is 11.2 Å². The summed E-state index contributed by atoms with van der Waals surface area (Å²) >= 11 is 5.92. The SMILES string of the molecule is CS(=O)(=O)OC1[C@@H](OS(C)(=O)=O)[C@@H](O)C(n2cnc3c4[n+](cnc32)CCN4CCCl)[C@@H](O)[C@H]1OS(C)(=O)=O.[Cl-]. The topological polar surface area (TPSA) is 208 Å². The van der Waals surface area contributed by atoms with E-state index in [4.69, 9.17) is 24.2 Å². The molecule has 0 aromatic carbocycles. The molecule has 2 aromatic heterocycles. The Morgan fingerprint density at radius 1 is 0.949 bits per heavy atom. The van der Waals surface area contributed by atoms with Gasteiger partial charge in [0.05, 0.1) is 50.1 Å². The third-order valence-electron chi connectivity index (χ3n) is 6.04. The lowest BCUT2D eigenvalue weighted by Gasteiger charge is -2.45. The number of aliphatic hydroxyl groups excluding tert-OH is 2. The number of halogens is 2. The van der Waals surface area contributed by atoms with Gasteiger partial charge in [-0.1, -0.05) is 4.98 Å². The van der Waals surface area contributed by atoms with Crippen molar-refractivity contribution in [1.29, 1.82) is 0 Å². The third-order valence-corrected chi connectivity index (χ3v) is 7.92. The Morgan fingerprint density at radius 2 is 1.46 bits per heavy atom. The molecule has 2 unspecified atom stereocenters. The fraction of sp³-hybridized carbons (Fsp3) is 0.722. The van der Waals surface area contributed by atoms with Gasteiger partial charge < -0.3 is 22.6 Å². The minimum atomic E-state index is -4.39. The van der Waals surface area contributed by atoms with Gasteiger partial charge in [-0.25, -0.2) is 9.55 Å². The molecule has 0 spiro atoms. The summed E-state index contributed by atoms with van der Waals surface area (Å²) in [7, 11) is -13.1. The van der Waals surface area contributed by atoms with Crippen LogP contribution in [0, 0.1) is 0 Å². The van der Waals surface area contributed by atoms with E-state index in [1.165, 1.54) is 17.2 Å². The van der Waals surface area contributed by atoms with Crippen LogP contribution in [0.4, 0.5) is 5.82 Å². The second-order valence-electron chi connectivity index (χ2n) is 9.03. The molecule has 0 radical (unpaired) electrons. The third kappa shape index (κ3) is 6.91. The Labute approximate surface area is 236 Å². The molecular formula is C18H27Cl2N5O11S3. The lowest BCUT2D eigenvalue weighted by molar-refractivity contribution is -0.672. The van der Waals surface area contributed by atoms with Crippen molar-refractivity contribution in [3.8, 4) is 0 Å². The first-order chi connectivity index (χ1) is 17.5. The maximum atomic E-state index is 12.1. The monoisotopic (exact) mass is 655 g/mol. The van der Waals surface area contributed by atoms with E-state index >= 15 is 0 Å². The average molecular weight is 657 g/mol. The maximum Gasteiger partial charge on any atom is 0.264 e. The van der Waals surface area contributed by atoms with Crippen molar-refractivity contribution in [3.63, 3.8) is 0 Å². The van der Waals surface area contributed by atoms with Crippen LogP contribution in [-0.2, 0) is 49.4 Å². The van der Waals surface area contributed by atoms with E-state index in [9.17, 15) is 35.5 Å². The number of fused-ring (bicyclic) bond motifs is 3. The van der Waals surface area contributed by atoms with Gasteiger partial charge in [0, 0.05) is 0 Å². The van der Waals surface area contributed by atoms with Crippen LogP contribution in [0.15, 0.2) is 12.7 Å². The number of hydrogen-bond donors (Lipinski definition) is 2. The highest BCUT2D eigenvalue weighted by Gasteiger charge is 2.56. The zero-order valence-corrected chi connectivity index (χ0v) is 24.7. The van der Waals surface area contributed by atoms with Gasteiger partial charge in [0.15, 0.2) is 5.52 Å². The number of rotatable bonds is 9. The minimum absolute atomic E-state index is 0. The van der Waals surface area contributed by atoms with Crippen molar-refractivity contribution < 1.29 is 65.0 Å². The fourth-order valence-corrected chi connectivity index (χ4v) is 6.84. The van der Waals surface area contributed by atoms with Gasteiger partial charge in [-0.2, -0.15) is 25.3 Å². The molecular weight excluding hydrogens is 629 g/mol. The molecule has 2 N–H and O–H groups in total. The first-order valence-electron chi connectivity index (χ1n) is 11.1. The van der Waals surface area contributed by atoms with E-state index < -0.39 is 66.9 Å². The summed E-state index contributed by atoms with van der Waals surface area (Å²) in [6.45, 7) is 1.74. The first kappa shape index (κ1) is 32.1. The maximum absolute atomic E-state index is 12.1. The van der Waals surface area contributed by atoms with Crippen molar-refractivity contribution >= 4 is 58.9 Å². The minimum Gasteiger partial charge on any atom is -1.00 e. The second-order valence-corrected chi connectivity index (χ2v) is 14.2. The molecule has 4 rings (SSSR count). The Bertz CT molecular complexity index is 1490. The zero-order chi connectivity index (χ0) is 28.2. The summed E-state index contributed by atoms with van der Waals surface area (Å²) in [5.41, 5.74) is 0.518. The quantitative estimate of drug-likeness (QED) is 0.146. The van der Waals surface area contributed by atoms with E-state index in [1.807, 2.05) is 9.47 Å². The average Bonchev–Trinajstić information content (AvgIpc) is 3.36. The molecule has 6 atom stereocenters. The normalized spacial score (nSPS) is 27.9. The van der Waals surface area contributed by atoms with Crippen LogP contribution < -0.4 is 21.9 Å². The van der Waals surface area contributed by atoms with Crippen LogP contribution in [0.3, 0.4) is 0 Å². The number of hydrogen-bond acceptors (Lipinski definition) is 14. The summed E-state index contributed by atoms with van der Waals surface area (Å²) in [6, 6.07) is -1.56. The summed E-state index contributed by atoms with van der Waals surface area (Å²) in [6.07, 6.45) is -5.41. The van der Waals surface area contributed by atoms with Gasteiger partial charge in [-0.3, -0.25) is 22.0 Å². The molecule has 0 amide bonds. The van der Waals surface area contributed by atoms with Crippen molar-refractivity contribution in [1.82, 2.24) is 14.5 Å². The van der Waals surface area contributed by atoms with Gasteiger partial charge in [-0.05, 0) is 0 Å². The number of nitrogens with zero attached hydrogens (tertiary/aromatic N) is 5. The van der Waals surface area contributed by atoms with Gasteiger partial charge in [0.1, 0.15) is 37.1 Å². The molecule has 3 heterocycles. The zero-order valence-electron chi connectivity index (χ0n) is 20.7. The molecule has 16 nitrogen and oxygen atoms in total. The molecule has 0 saturated heterocycles. The standard InChI is InChI=1S/C18H27ClN5O11S3.ClH/c1-36(27,28)33-14-12(25)11(13(26)15(34-37(2,29)30)16(14)35-38(3,31)32)24-9-20-10-17(24)21-8-23-7-6-22(5-4-19)18(10)23;/h8-9,11-16,25-26H,4-7H2,1-3H3;1H/q+1;/p-1/t11?,12-,13+,14-,15+,16?;. The molecule has 1 fully saturated rings. The molecule has 2 aromatic rings. The lowest BCUT2D eigenvalue weighted by atomic mass is 9.83. The molecule has 1 aliphatic carbocycles. The smallest absolute Gasteiger partial charge is 0.264 e. The highest BCUT2D eigenvalue weighted by atomic mass is 35.5. The fourth-order valence-electron chi connectivity index (χ4n) is 4.76. The summed E-state index contributed by atoms with van der Waals surface area (Å²) in [4.78, 5) is 10.7. The van der Waals surface area contributed by atoms with Gasteiger partial charge in [0.2, 0.25) is 12.0 Å². The van der Waals surface area contributed by atoms with Crippen LogP contribution in [0.5, 0.6) is 0 Å².